The van der Waals surface area contributed by atoms with Crippen LogP contribution < -0.4 is 20.7 Å². The molecule has 4 fully saturated rings. The normalized spacial score (nSPS) is 26.7. The molecule has 0 spiro atoms. The second-order valence-electron chi connectivity index (χ2n) is 16.1. The Labute approximate surface area is 333 Å². The summed E-state index contributed by atoms with van der Waals surface area (Å²) in [5, 5.41) is 6.58. The number of fused-ring (bicyclic) bond motifs is 1. The smallest absolute Gasteiger partial charge is 0.410 e. The van der Waals surface area contributed by atoms with Gasteiger partial charge in [0.2, 0.25) is 21.8 Å². The van der Waals surface area contributed by atoms with Gasteiger partial charge >= 0.3 is 24.2 Å². The molecule has 6 rings (SSSR count). The van der Waals surface area contributed by atoms with Crippen LogP contribution in [0.2, 0.25) is 0 Å². The minimum Gasteiger partial charge on any atom is -0.458 e. The lowest BCUT2D eigenvalue weighted by molar-refractivity contribution is -0.174. The lowest BCUT2D eigenvalue weighted by atomic mass is 9.66. The second-order valence-corrected chi connectivity index (χ2v) is 18.0. The van der Waals surface area contributed by atoms with Gasteiger partial charge in [-0.05, 0) is 65.0 Å². The molecular weight excluding hydrogens is 788 g/mol. The van der Waals surface area contributed by atoms with Crippen molar-refractivity contribution in [3.8, 4) is 0 Å². The Morgan fingerprint density at radius 1 is 1.10 bits per heavy atom. The van der Waals surface area contributed by atoms with Crippen molar-refractivity contribution < 1.29 is 65.3 Å². The van der Waals surface area contributed by atoms with Gasteiger partial charge in [0.1, 0.15) is 47.9 Å². The van der Waals surface area contributed by atoms with Crippen molar-refractivity contribution in [3.05, 3.63) is 47.8 Å². The number of carbonyl (C=O) groups excluding carboxylic acids is 7. The van der Waals surface area contributed by atoms with Crippen molar-refractivity contribution in [2.24, 2.45) is 5.92 Å². The number of benzene rings is 1. The summed E-state index contributed by atoms with van der Waals surface area (Å²) in [7, 11) is -4.03. The summed E-state index contributed by atoms with van der Waals surface area (Å²) in [6.45, 7) is 8.67. The van der Waals surface area contributed by atoms with E-state index in [1.807, 2.05) is 0 Å². The fourth-order valence-electron chi connectivity index (χ4n) is 7.27. The van der Waals surface area contributed by atoms with E-state index in [9.17, 15) is 46.4 Å². The molecule has 0 radical (unpaired) electrons. The Bertz CT molecular complexity index is 2010. The van der Waals surface area contributed by atoms with Crippen molar-refractivity contribution in [1.82, 2.24) is 30.5 Å². The summed E-state index contributed by atoms with van der Waals surface area (Å²) < 4.78 is 63.3. The van der Waals surface area contributed by atoms with Crippen LogP contribution in [0.25, 0.3) is 0 Å². The molecule has 21 heteroatoms. The summed E-state index contributed by atoms with van der Waals surface area (Å²) in [4.78, 5) is 95.5. The number of esters is 1. The standard InChI is InChI=1S/C37H47FN6O13S/c1-6-21-12-13-37(21,32(48)42-58(52,53)23-10-11-23)41-29(45)27-14-22(56-35(51)43-15-20-8-7-9-25(38)24(20)17-43)16-44(27)30(46)26(39-34(50)57-36(3,4)5)18-54-33(49)40-28-19(2)55-31(28)47/h6-9,19,21-23,26-28H,1,10-18H2,2-5H3,(H,39,50)(H,40,49)(H,41,45)(H,42,48). The Morgan fingerprint density at radius 3 is 2.41 bits per heavy atom. The van der Waals surface area contributed by atoms with Crippen molar-refractivity contribution in [1.29, 1.82) is 0 Å². The number of cyclic esters (lactones) is 1. The van der Waals surface area contributed by atoms with Crippen LogP contribution in [0.15, 0.2) is 30.9 Å². The first kappa shape index (κ1) is 42.1. The van der Waals surface area contributed by atoms with E-state index in [2.05, 4.69) is 27.3 Å². The first-order valence-electron chi connectivity index (χ1n) is 18.9. The minimum atomic E-state index is -4.03. The molecule has 1 aromatic carbocycles. The van der Waals surface area contributed by atoms with Crippen LogP contribution in [0.5, 0.6) is 0 Å². The second kappa shape index (κ2) is 16.1. The predicted molar refractivity (Wildman–Crippen MR) is 197 cm³/mol. The van der Waals surface area contributed by atoms with Crippen LogP contribution in [-0.2, 0) is 61.2 Å². The quantitative estimate of drug-likeness (QED) is 0.132. The lowest BCUT2D eigenvalue weighted by Gasteiger charge is -2.47. The van der Waals surface area contributed by atoms with E-state index in [-0.39, 0.29) is 25.9 Å². The molecule has 3 aliphatic heterocycles. The molecule has 7 atom stereocenters. The van der Waals surface area contributed by atoms with Crippen LogP contribution in [0.1, 0.15) is 70.9 Å². The third kappa shape index (κ3) is 8.97. The number of ether oxygens (including phenoxy) is 4. The maximum absolute atomic E-state index is 14.5. The fourth-order valence-corrected chi connectivity index (χ4v) is 8.64. The van der Waals surface area contributed by atoms with Gasteiger partial charge in [0.05, 0.1) is 18.3 Å². The van der Waals surface area contributed by atoms with Crippen molar-refractivity contribution >= 4 is 52.0 Å². The monoisotopic (exact) mass is 834 g/mol. The highest BCUT2D eigenvalue weighted by molar-refractivity contribution is 7.91. The fraction of sp³-hybridized carbons (Fsp3) is 0.595. The van der Waals surface area contributed by atoms with Crippen LogP contribution in [0, 0.1) is 11.7 Å². The van der Waals surface area contributed by atoms with Gasteiger partial charge in [-0.15, -0.1) is 6.58 Å². The lowest BCUT2D eigenvalue weighted by Crippen LogP contribution is -2.70. The molecule has 2 aliphatic carbocycles. The minimum absolute atomic E-state index is 0.0333. The highest BCUT2D eigenvalue weighted by Gasteiger charge is 2.56. The summed E-state index contributed by atoms with van der Waals surface area (Å²) in [6, 6.07) is 0.226. The topological polar surface area (TPSA) is 245 Å². The third-order valence-electron chi connectivity index (χ3n) is 10.7. The molecule has 6 amide bonds. The summed E-state index contributed by atoms with van der Waals surface area (Å²) >= 11 is 0. The Morgan fingerprint density at radius 2 is 1.83 bits per heavy atom. The average molecular weight is 835 g/mol. The van der Waals surface area contributed by atoms with E-state index in [4.69, 9.17) is 18.9 Å². The maximum Gasteiger partial charge on any atom is 0.410 e. The molecule has 3 heterocycles. The van der Waals surface area contributed by atoms with E-state index in [0.29, 0.717) is 30.4 Å². The molecule has 7 unspecified atom stereocenters. The van der Waals surface area contributed by atoms with Gasteiger partial charge in [-0.3, -0.25) is 24.0 Å². The number of alkyl carbamates (subject to hydrolysis) is 2. The number of rotatable bonds is 12. The van der Waals surface area contributed by atoms with Crippen LogP contribution in [0.4, 0.5) is 18.8 Å². The zero-order valence-electron chi connectivity index (χ0n) is 32.4. The Kier molecular flexibility index (Phi) is 11.7. The number of hydrogen-bond acceptors (Lipinski definition) is 13. The molecule has 0 bridgehead atoms. The van der Waals surface area contributed by atoms with Crippen LogP contribution >= 0.6 is 0 Å². The van der Waals surface area contributed by atoms with E-state index in [1.54, 1.807) is 26.8 Å². The maximum atomic E-state index is 14.5. The van der Waals surface area contributed by atoms with Gasteiger partial charge in [-0.25, -0.2) is 32.0 Å². The average Bonchev–Trinajstić information content (AvgIpc) is 3.78. The Balaban J connectivity index is 1.24. The molecule has 2 saturated heterocycles. The molecule has 0 aromatic heterocycles. The van der Waals surface area contributed by atoms with Crippen LogP contribution in [-0.4, -0.2) is 120 Å². The molecule has 58 heavy (non-hydrogen) atoms. The number of sulfonamides is 1. The van der Waals surface area contributed by atoms with Crippen molar-refractivity contribution in [2.45, 2.75) is 120 Å². The van der Waals surface area contributed by atoms with Crippen molar-refractivity contribution in [2.75, 3.05) is 13.2 Å². The highest BCUT2D eigenvalue weighted by Crippen LogP contribution is 2.41. The molecule has 4 N–H and O–H groups in total. The summed E-state index contributed by atoms with van der Waals surface area (Å²) in [5.41, 5.74) is -1.90. The number of hydrogen-bond donors (Lipinski definition) is 4. The van der Waals surface area contributed by atoms with E-state index in [1.165, 1.54) is 30.0 Å². The van der Waals surface area contributed by atoms with E-state index in [0.717, 1.165) is 4.90 Å². The number of nitrogens with zero attached hydrogens (tertiary/aromatic N) is 2. The molecule has 1 aromatic rings. The predicted octanol–water partition coefficient (Wildman–Crippen LogP) is 1.24. The van der Waals surface area contributed by atoms with Crippen LogP contribution in [0.3, 0.4) is 0 Å². The largest absolute Gasteiger partial charge is 0.458 e. The molecule has 19 nitrogen and oxygen atoms in total. The van der Waals surface area contributed by atoms with Gasteiger partial charge in [0.15, 0.2) is 6.04 Å². The molecule has 316 valence electrons. The first-order chi connectivity index (χ1) is 27.2. The zero-order valence-corrected chi connectivity index (χ0v) is 33.2. The highest BCUT2D eigenvalue weighted by atomic mass is 32.2. The SMILES string of the molecule is C=CC1CCC1(NC(=O)C1CC(OC(=O)N2Cc3cccc(F)c3C2)CN1C(=O)C(COC(=O)NC1C(=O)OC1C)NC(=O)OC(C)(C)C)C(=O)NS(=O)(=O)C1CC1. The van der Waals surface area contributed by atoms with E-state index >= 15 is 0 Å². The molecule has 5 aliphatic rings. The van der Waals surface area contributed by atoms with Crippen molar-refractivity contribution in [3.63, 3.8) is 0 Å². The zero-order chi connectivity index (χ0) is 42.3. The van der Waals surface area contributed by atoms with Gasteiger partial charge in [-0.2, -0.15) is 0 Å². The number of carbonyl (C=O) groups is 7. The third-order valence-corrected chi connectivity index (χ3v) is 12.5. The number of likely N-dealkylation sites (tertiary alicyclic amines) is 1. The van der Waals surface area contributed by atoms with E-state index < -0.39 is 124 Å². The number of amides is 6. The van der Waals surface area contributed by atoms with Gasteiger partial charge < -0.3 is 39.8 Å². The number of nitrogens with one attached hydrogen (secondary N) is 4. The molecular formula is C37H47FN6O13S. The molecule has 2 saturated carbocycles. The Hall–Kier alpha value is -5.47. The number of halogens is 1. The van der Waals surface area contributed by atoms with Gasteiger partial charge in [0, 0.05) is 24.4 Å². The first-order valence-corrected chi connectivity index (χ1v) is 20.4. The summed E-state index contributed by atoms with van der Waals surface area (Å²) in [5.74, 6) is -4.78. The van der Waals surface area contributed by atoms with Gasteiger partial charge in [-0.1, -0.05) is 18.2 Å². The summed E-state index contributed by atoms with van der Waals surface area (Å²) in [6.07, 6.45) is -2.63. The van der Waals surface area contributed by atoms with Gasteiger partial charge in [0.25, 0.3) is 5.91 Å².